The van der Waals surface area contributed by atoms with E-state index in [-0.39, 0.29) is 5.69 Å². The number of hydrogen-bond acceptors (Lipinski definition) is 6. The SMILES string of the molecule is COC(=O)c1ncc(C2CCCNC2)cc1NC(=O)OC(C)(C)C. The van der Waals surface area contributed by atoms with Gasteiger partial charge in [-0.2, -0.15) is 0 Å². The molecule has 1 saturated heterocycles. The number of rotatable bonds is 3. The Morgan fingerprint density at radius 3 is 2.71 bits per heavy atom. The molecule has 1 aromatic heterocycles. The highest BCUT2D eigenvalue weighted by molar-refractivity contribution is 5.98. The first kappa shape index (κ1) is 18.2. The molecule has 1 aliphatic rings. The van der Waals surface area contributed by atoms with Crippen LogP contribution in [-0.2, 0) is 9.47 Å². The molecule has 7 heteroatoms. The second-order valence-electron chi connectivity index (χ2n) is 6.83. The quantitative estimate of drug-likeness (QED) is 0.826. The third-order valence-electron chi connectivity index (χ3n) is 3.69. The van der Waals surface area contributed by atoms with Crippen molar-refractivity contribution >= 4 is 17.7 Å². The lowest BCUT2D eigenvalue weighted by Gasteiger charge is -2.24. The molecule has 0 saturated carbocycles. The van der Waals surface area contributed by atoms with Gasteiger partial charge in [0, 0.05) is 12.7 Å². The van der Waals surface area contributed by atoms with Gasteiger partial charge in [-0.15, -0.1) is 0 Å². The molecule has 1 atom stereocenters. The predicted molar refractivity (Wildman–Crippen MR) is 90.3 cm³/mol. The summed E-state index contributed by atoms with van der Waals surface area (Å²) in [6.45, 7) is 7.18. The Labute approximate surface area is 142 Å². The van der Waals surface area contributed by atoms with Crippen molar-refractivity contribution in [1.29, 1.82) is 0 Å². The highest BCUT2D eigenvalue weighted by Gasteiger charge is 2.23. The Morgan fingerprint density at radius 2 is 2.12 bits per heavy atom. The van der Waals surface area contributed by atoms with E-state index in [1.807, 2.05) is 0 Å². The van der Waals surface area contributed by atoms with Crippen LogP contribution in [0.1, 0.15) is 55.6 Å². The molecule has 1 aromatic rings. The maximum absolute atomic E-state index is 12.1. The van der Waals surface area contributed by atoms with Crippen molar-refractivity contribution in [3.63, 3.8) is 0 Å². The first-order chi connectivity index (χ1) is 11.3. The summed E-state index contributed by atoms with van der Waals surface area (Å²) < 4.78 is 9.99. The van der Waals surface area contributed by atoms with Gasteiger partial charge in [0.2, 0.25) is 0 Å². The van der Waals surface area contributed by atoms with Crippen LogP contribution < -0.4 is 10.6 Å². The van der Waals surface area contributed by atoms with E-state index < -0.39 is 17.7 Å². The molecule has 0 spiro atoms. The van der Waals surface area contributed by atoms with Gasteiger partial charge in [0.1, 0.15) is 5.60 Å². The van der Waals surface area contributed by atoms with E-state index in [2.05, 4.69) is 15.6 Å². The highest BCUT2D eigenvalue weighted by Crippen LogP contribution is 2.27. The Bertz CT molecular complexity index is 604. The van der Waals surface area contributed by atoms with E-state index in [4.69, 9.17) is 9.47 Å². The second-order valence-corrected chi connectivity index (χ2v) is 6.83. The highest BCUT2D eigenvalue weighted by atomic mass is 16.6. The van der Waals surface area contributed by atoms with Crippen LogP contribution in [0.2, 0.25) is 0 Å². The molecule has 2 heterocycles. The van der Waals surface area contributed by atoms with E-state index in [0.29, 0.717) is 11.6 Å². The average molecular weight is 335 g/mol. The van der Waals surface area contributed by atoms with Crippen molar-refractivity contribution in [3.8, 4) is 0 Å². The molecule has 2 N–H and O–H groups in total. The van der Waals surface area contributed by atoms with E-state index in [9.17, 15) is 9.59 Å². The Hall–Kier alpha value is -2.15. The summed E-state index contributed by atoms with van der Waals surface area (Å²) in [7, 11) is 1.28. The number of hydrogen-bond donors (Lipinski definition) is 2. The number of methoxy groups -OCH3 is 1. The van der Waals surface area contributed by atoms with Crippen molar-refractivity contribution in [3.05, 3.63) is 23.5 Å². The number of esters is 1. The van der Waals surface area contributed by atoms with Gasteiger partial charge in [0.25, 0.3) is 0 Å². The molecule has 1 unspecified atom stereocenters. The Morgan fingerprint density at radius 1 is 1.38 bits per heavy atom. The summed E-state index contributed by atoms with van der Waals surface area (Å²) in [4.78, 5) is 28.2. The van der Waals surface area contributed by atoms with Gasteiger partial charge in [-0.05, 0) is 57.7 Å². The van der Waals surface area contributed by atoms with Crippen LogP contribution in [0, 0.1) is 0 Å². The predicted octanol–water partition coefficient (Wildman–Crippen LogP) is 2.68. The maximum Gasteiger partial charge on any atom is 0.412 e. The molecule has 0 radical (unpaired) electrons. The topological polar surface area (TPSA) is 89.5 Å². The molecule has 1 amide bonds. The van der Waals surface area contributed by atoms with Crippen LogP contribution in [0.25, 0.3) is 0 Å². The molecule has 1 fully saturated rings. The van der Waals surface area contributed by atoms with Gasteiger partial charge in [0.15, 0.2) is 5.69 Å². The van der Waals surface area contributed by atoms with Crippen LogP contribution in [0.5, 0.6) is 0 Å². The molecule has 24 heavy (non-hydrogen) atoms. The third kappa shape index (κ3) is 4.92. The van der Waals surface area contributed by atoms with Crippen LogP contribution in [0.3, 0.4) is 0 Å². The normalized spacial score (nSPS) is 17.9. The summed E-state index contributed by atoms with van der Waals surface area (Å²) >= 11 is 0. The van der Waals surface area contributed by atoms with Gasteiger partial charge in [0.05, 0.1) is 12.8 Å². The first-order valence-electron chi connectivity index (χ1n) is 8.09. The molecule has 0 aliphatic carbocycles. The average Bonchev–Trinajstić information content (AvgIpc) is 2.53. The van der Waals surface area contributed by atoms with Gasteiger partial charge in [-0.25, -0.2) is 14.6 Å². The van der Waals surface area contributed by atoms with E-state index in [1.165, 1.54) is 7.11 Å². The zero-order chi connectivity index (χ0) is 17.7. The smallest absolute Gasteiger partial charge is 0.412 e. The lowest BCUT2D eigenvalue weighted by Crippen LogP contribution is -2.29. The van der Waals surface area contributed by atoms with Crippen molar-refractivity contribution in [2.45, 2.75) is 45.1 Å². The summed E-state index contributed by atoms with van der Waals surface area (Å²) in [5.74, 6) is -0.300. The van der Waals surface area contributed by atoms with Crippen LogP contribution >= 0.6 is 0 Å². The van der Waals surface area contributed by atoms with Gasteiger partial charge < -0.3 is 14.8 Å². The standard InChI is InChI=1S/C17H25N3O4/c1-17(2,3)24-16(22)20-13-8-12(11-6-5-7-18-9-11)10-19-14(13)15(21)23-4/h8,10-11,18H,5-7,9H2,1-4H3,(H,20,22). The number of carbonyl (C=O) groups is 2. The molecule has 2 rings (SSSR count). The fourth-order valence-electron chi connectivity index (χ4n) is 2.61. The van der Waals surface area contributed by atoms with E-state index >= 15 is 0 Å². The number of pyridine rings is 1. The van der Waals surface area contributed by atoms with Gasteiger partial charge in [-0.1, -0.05) is 0 Å². The second kappa shape index (κ2) is 7.61. The molecule has 0 aromatic carbocycles. The summed E-state index contributed by atoms with van der Waals surface area (Å²) in [6, 6.07) is 1.78. The largest absolute Gasteiger partial charge is 0.464 e. The van der Waals surface area contributed by atoms with Crippen molar-refractivity contribution in [2.24, 2.45) is 0 Å². The van der Waals surface area contributed by atoms with Crippen molar-refractivity contribution in [2.75, 3.05) is 25.5 Å². The van der Waals surface area contributed by atoms with Gasteiger partial charge >= 0.3 is 12.1 Å². The minimum atomic E-state index is -0.631. The monoisotopic (exact) mass is 335 g/mol. The zero-order valence-corrected chi connectivity index (χ0v) is 14.6. The van der Waals surface area contributed by atoms with Crippen LogP contribution in [-0.4, -0.2) is 42.8 Å². The number of aromatic nitrogens is 1. The lowest BCUT2D eigenvalue weighted by atomic mass is 9.92. The Kier molecular flexibility index (Phi) is 5.77. The number of ether oxygens (including phenoxy) is 2. The fraction of sp³-hybridized carbons (Fsp3) is 0.588. The molecule has 1 aliphatic heterocycles. The third-order valence-corrected chi connectivity index (χ3v) is 3.69. The molecule has 132 valence electrons. The van der Waals surface area contributed by atoms with Crippen molar-refractivity contribution in [1.82, 2.24) is 10.3 Å². The number of nitrogens with zero attached hydrogens (tertiary/aromatic N) is 1. The minimum Gasteiger partial charge on any atom is -0.464 e. The molecular formula is C17H25N3O4. The number of amides is 1. The number of carbonyl (C=O) groups excluding carboxylic acids is 2. The number of anilines is 1. The maximum atomic E-state index is 12.1. The van der Waals surface area contributed by atoms with Crippen molar-refractivity contribution < 1.29 is 19.1 Å². The molecule has 0 bridgehead atoms. The number of piperidine rings is 1. The molecule has 7 nitrogen and oxygen atoms in total. The fourth-order valence-corrected chi connectivity index (χ4v) is 2.61. The van der Waals surface area contributed by atoms with E-state index in [1.54, 1.807) is 33.0 Å². The van der Waals surface area contributed by atoms with E-state index in [0.717, 1.165) is 31.5 Å². The lowest BCUT2D eigenvalue weighted by molar-refractivity contribution is 0.0595. The Balaban J connectivity index is 2.26. The van der Waals surface area contributed by atoms with Crippen LogP contribution in [0.4, 0.5) is 10.5 Å². The van der Waals surface area contributed by atoms with Gasteiger partial charge in [-0.3, -0.25) is 5.32 Å². The summed E-state index contributed by atoms with van der Waals surface area (Å²) in [5.41, 5.74) is 0.712. The zero-order valence-electron chi connectivity index (χ0n) is 14.6. The summed E-state index contributed by atoms with van der Waals surface area (Å²) in [6.07, 6.45) is 3.16. The summed E-state index contributed by atoms with van der Waals surface area (Å²) in [5, 5.41) is 5.96. The number of nitrogens with one attached hydrogen (secondary N) is 2. The first-order valence-corrected chi connectivity index (χ1v) is 8.09. The molecular weight excluding hydrogens is 310 g/mol. The van der Waals surface area contributed by atoms with Crippen LogP contribution in [0.15, 0.2) is 12.3 Å². The minimum absolute atomic E-state index is 0.0656.